The largest absolute Gasteiger partial charge is 0.444 e. The minimum atomic E-state index is -0.456. The summed E-state index contributed by atoms with van der Waals surface area (Å²) in [5.74, 6) is 0. The Balaban J connectivity index is 2.62. The average molecular weight is 258 g/mol. The number of nitrogens with zero attached hydrogens (tertiary/aromatic N) is 2. The van der Waals surface area contributed by atoms with Gasteiger partial charge < -0.3 is 14.7 Å². The van der Waals surface area contributed by atoms with Crippen molar-refractivity contribution in [1.82, 2.24) is 9.80 Å². The van der Waals surface area contributed by atoms with Crippen LogP contribution in [0, 0.1) is 0 Å². The number of amides is 1. The van der Waals surface area contributed by atoms with Gasteiger partial charge in [0.15, 0.2) is 0 Å². The first kappa shape index (κ1) is 15.2. The molecule has 1 aliphatic heterocycles. The van der Waals surface area contributed by atoms with Gasteiger partial charge in [-0.3, -0.25) is 4.90 Å². The van der Waals surface area contributed by atoms with Gasteiger partial charge in [-0.25, -0.2) is 4.79 Å². The van der Waals surface area contributed by atoms with Gasteiger partial charge in [0.2, 0.25) is 0 Å². The highest BCUT2D eigenvalue weighted by Crippen LogP contribution is 2.19. The fraction of sp³-hybridized carbons (Fsp3) is 0.923. The van der Waals surface area contributed by atoms with Crippen molar-refractivity contribution >= 4 is 6.09 Å². The Morgan fingerprint density at radius 1 is 1.28 bits per heavy atom. The zero-order valence-corrected chi connectivity index (χ0v) is 12.1. The second-order valence-electron chi connectivity index (χ2n) is 5.91. The topological polar surface area (TPSA) is 53.0 Å². The molecule has 1 amide bonds. The van der Waals surface area contributed by atoms with Crippen molar-refractivity contribution in [2.24, 2.45) is 0 Å². The van der Waals surface area contributed by atoms with Gasteiger partial charge in [0.05, 0.1) is 6.61 Å². The molecular formula is C13H26N2O3. The van der Waals surface area contributed by atoms with E-state index in [0.29, 0.717) is 13.1 Å². The molecule has 0 aliphatic carbocycles. The monoisotopic (exact) mass is 258 g/mol. The van der Waals surface area contributed by atoms with Crippen molar-refractivity contribution in [3.05, 3.63) is 0 Å². The summed E-state index contributed by atoms with van der Waals surface area (Å²) in [5, 5.41) is 9.00. The Kier molecular flexibility index (Phi) is 4.99. The molecule has 2 unspecified atom stereocenters. The second-order valence-corrected chi connectivity index (χ2v) is 5.91. The molecule has 0 radical (unpaired) electrons. The number of hydrogen-bond acceptors (Lipinski definition) is 4. The molecule has 106 valence electrons. The lowest BCUT2D eigenvalue weighted by Gasteiger charge is -2.44. The van der Waals surface area contributed by atoms with Crippen molar-refractivity contribution in [1.29, 1.82) is 0 Å². The van der Waals surface area contributed by atoms with Crippen molar-refractivity contribution in [3.63, 3.8) is 0 Å². The Labute approximate surface area is 110 Å². The maximum atomic E-state index is 12.1. The van der Waals surface area contributed by atoms with E-state index >= 15 is 0 Å². The van der Waals surface area contributed by atoms with Crippen molar-refractivity contribution in [3.8, 4) is 0 Å². The highest BCUT2D eigenvalue weighted by Gasteiger charge is 2.35. The molecule has 1 aliphatic rings. The van der Waals surface area contributed by atoms with Crippen LogP contribution in [0.2, 0.25) is 0 Å². The van der Waals surface area contributed by atoms with E-state index in [9.17, 15) is 4.79 Å². The molecule has 18 heavy (non-hydrogen) atoms. The third-order valence-corrected chi connectivity index (χ3v) is 3.41. The summed E-state index contributed by atoms with van der Waals surface area (Å²) in [6.07, 6.45) is -0.245. The number of carbonyl (C=O) groups excluding carboxylic acids is 1. The zero-order valence-electron chi connectivity index (χ0n) is 12.1. The molecule has 5 nitrogen and oxygen atoms in total. The van der Waals surface area contributed by atoms with Crippen molar-refractivity contribution < 1.29 is 14.6 Å². The van der Waals surface area contributed by atoms with E-state index in [2.05, 4.69) is 11.8 Å². The molecular weight excluding hydrogens is 232 g/mol. The van der Waals surface area contributed by atoms with E-state index in [4.69, 9.17) is 9.84 Å². The first-order valence-corrected chi connectivity index (χ1v) is 6.61. The molecule has 0 aromatic rings. The summed E-state index contributed by atoms with van der Waals surface area (Å²) in [4.78, 5) is 16.1. The number of β-amino-alcohol motifs (C(OH)–C–C–N with tert-alkyl or cyclic N) is 1. The first-order valence-electron chi connectivity index (χ1n) is 6.61. The van der Waals surface area contributed by atoms with Crippen LogP contribution in [0.3, 0.4) is 0 Å². The van der Waals surface area contributed by atoms with Gasteiger partial charge in [-0.15, -0.1) is 0 Å². The lowest BCUT2D eigenvalue weighted by molar-refractivity contribution is -0.0151. The summed E-state index contributed by atoms with van der Waals surface area (Å²) in [6.45, 7) is 12.0. The highest BCUT2D eigenvalue weighted by molar-refractivity contribution is 5.68. The number of aliphatic hydroxyl groups is 1. The fourth-order valence-electron chi connectivity index (χ4n) is 2.23. The molecule has 0 aromatic carbocycles. The predicted octanol–water partition coefficient (Wildman–Crippen LogP) is 1.31. The van der Waals surface area contributed by atoms with Gasteiger partial charge in [-0.05, 0) is 34.6 Å². The molecule has 1 fully saturated rings. The Morgan fingerprint density at radius 3 is 2.39 bits per heavy atom. The first-order chi connectivity index (χ1) is 8.26. The maximum Gasteiger partial charge on any atom is 0.410 e. The number of rotatable bonds is 2. The predicted molar refractivity (Wildman–Crippen MR) is 70.5 cm³/mol. The summed E-state index contributed by atoms with van der Waals surface area (Å²) >= 11 is 0. The molecule has 0 aromatic heterocycles. The number of carbonyl (C=O) groups is 1. The Morgan fingerprint density at radius 2 is 1.89 bits per heavy atom. The standard InChI is InChI=1S/C13H26N2O3/c1-10-11(2)15(7-6-14(10)8-9-16)12(17)18-13(3,4)5/h10-11,16H,6-9H2,1-5H3. The van der Waals surface area contributed by atoms with E-state index in [1.165, 1.54) is 0 Å². The van der Waals surface area contributed by atoms with E-state index < -0.39 is 5.60 Å². The third-order valence-electron chi connectivity index (χ3n) is 3.41. The van der Waals surface area contributed by atoms with Crippen LogP contribution in [-0.2, 0) is 4.74 Å². The molecule has 1 N–H and O–H groups in total. The van der Waals surface area contributed by atoms with Crippen molar-refractivity contribution in [2.75, 3.05) is 26.2 Å². The molecule has 1 heterocycles. The van der Waals surface area contributed by atoms with Gasteiger partial charge in [0.1, 0.15) is 5.60 Å². The van der Waals surface area contributed by atoms with E-state index in [0.717, 1.165) is 6.54 Å². The highest BCUT2D eigenvalue weighted by atomic mass is 16.6. The molecule has 1 rings (SSSR count). The molecule has 1 saturated heterocycles. The minimum absolute atomic E-state index is 0.0974. The van der Waals surface area contributed by atoms with Crippen LogP contribution in [0.1, 0.15) is 34.6 Å². The number of ether oxygens (including phenoxy) is 1. The van der Waals surface area contributed by atoms with E-state index in [-0.39, 0.29) is 24.8 Å². The van der Waals surface area contributed by atoms with Gasteiger partial charge in [-0.2, -0.15) is 0 Å². The molecule has 0 bridgehead atoms. The molecule has 0 saturated carbocycles. The normalized spacial score (nSPS) is 26.2. The summed E-state index contributed by atoms with van der Waals surface area (Å²) < 4.78 is 5.41. The third kappa shape index (κ3) is 3.85. The second kappa shape index (κ2) is 5.89. The quantitative estimate of drug-likeness (QED) is 0.811. The van der Waals surface area contributed by atoms with Crippen LogP contribution in [0.5, 0.6) is 0 Å². The van der Waals surface area contributed by atoms with Crippen LogP contribution >= 0.6 is 0 Å². The van der Waals surface area contributed by atoms with Crippen LogP contribution in [0.4, 0.5) is 4.79 Å². The average Bonchev–Trinajstić information content (AvgIpc) is 2.22. The zero-order chi connectivity index (χ0) is 13.9. The van der Waals surface area contributed by atoms with Crippen LogP contribution in [-0.4, -0.2) is 64.9 Å². The van der Waals surface area contributed by atoms with E-state index in [1.54, 1.807) is 4.90 Å². The van der Waals surface area contributed by atoms with Crippen LogP contribution < -0.4 is 0 Å². The van der Waals surface area contributed by atoms with Gasteiger partial charge >= 0.3 is 6.09 Å². The van der Waals surface area contributed by atoms with Crippen LogP contribution in [0.15, 0.2) is 0 Å². The fourth-order valence-corrected chi connectivity index (χ4v) is 2.23. The lowest BCUT2D eigenvalue weighted by atomic mass is 10.1. The van der Waals surface area contributed by atoms with Gasteiger partial charge in [0.25, 0.3) is 0 Å². The summed E-state index contributed by atoms with van der Waals surface area (Å²) in [6, 6.07) is 0.332. The van der Waals surface area contributed by atoms with Crippen LogP contribution in [0.25, 0.3) is 0 Å². The maximum absolute atomic E-state index is 12.1. The minimum Gasteiger partial charge on any atom is -0.444 e. The molecule has 2 atom stereocenters. The van der Waals surface area contributed by atoms with E-state index in [1.807, 2.05) is 27.7 Å². The number of piperazine rings is 1. The SMILES string of the molecule is CC1C(C)N(C(=O)OC(C)(C)C)CCN1CCO. The number of hydrogen-bond donors (Lipinski definition) is 1. The Bertz CT molecular complexity index is 288. The molecule has 0 spiro atoms. The summed E-state index contributed by atoms with van der Waals surface area (Å²) in [7, 11) is 0. The molecule has 5 heteroatoms. The smallest absolute Gasteiger partial charge is 0.410 e. The van der Waals surface area contributed by atoms with Gasteiger partial charge in [0, 0.05) is 31.7 Å². The lowest BCUT2D eigenvalue weighted by Crippen LogP contribution is -2.59. The summed E-state index contributed by atoms with van der Waals surface area (Å²) in [5.41, 5.74) is -0.456. The van der Waals surface area contributed by atoms with Crippen molar-refractivity contribution in [2.45, 2.75) is 52.3 Å². The van der Waals surface area contributed by atoms with Gasteiger partial charge in [-0.1, -0.05) is 0 Å². The Hall–Kier alpha value is -0.810. The number of aliphatic hydroxyl groups excluding tert-OH is 1.